The third kappa shape index (κ3) is 5.14. The Morgan fingerprint density at radius 3 is 2.21 bits per heavy atom. The molecule has 9 heteroatoms. The second-order valence-corrected chi connectivity index (χ2v) is 9.82. The maximum Gasteiger partial charge on any atom is 0.355 e. The number of sulfone groups is 1. The quantitative estimate of drug-likeness (QED) is 0.456. The van der Waals surface area contributed by atoms with Gasteiger partial charge in [0.2, 0.25) is 0 Å². The average molecular weight is 471 g/mol. The molecule has 3 aromatic rings. The van der Waals surface area contributed by atoms with Crippen molar-refractivity contribution in [3.63, 3.8) is 0 Å². The lowest BCUT2D eigenvalue weighted by Gasteiger charge is -2.12. The molecule has 0 aliphatic rings. The van der Waals surface area contributed by atoms with E-state index in [0.29, 0.717) is 23.4 Å². The Kier molecular flexibility index (Phi) is 7.33. The fourth-order valence-electron chi connectivity index (χ4n) is 3.63. The predicted octanol–water partition coefficient (Wildman–Crippen LogP) is 4.13. The largest absolute Gasteiger partial charge is 0.478 e. The zero-order chi connectivity index (χ0) is 24.2. The molecular formula is C24H26N2O6S. The van der Waals surface area contributed by atoms with E-state index in [1.54, 1.807) is 42.5 Å². The summed E-state index contributed by atoms with van der Waals surface area (Å²) in [5.74, 6) is -2.19. The van der Waals surface area contributed by atoms with Crippen LogP contribution in [0.5, 0.6) is 0 Å². The lowest BCUT2D eigenvalue weighted by atomic mass is 9.99. The lowest BCUT2D eigenvalue weighted by molar-refractivity contribution is 0.0675. The number of unbranched alkanes of at least 4 members (excludes halogenated alkanes) is 1. The Morgan fingerprint density at radius 2 is 1.64 bits per heavy atom. The standard InChI is InChI=1S/C24H26N2O6S/c1-3-5-10-20-25-22(33(31,32)4-2)21(24(29)30)26(20)15-16-11-13-17(14-12-16)18-8-6-7-9-19(18)23(27)28/h6-9,11-14H,3-5,10,15H2,1-2H3,(H,27,28)(H,29,30). The van der Waals surface area contributed by atoms with E-state index >= 15 is 0 Å². The van der Waals surface area contributed by atoms with Crippen molar-refractivity contribution in [2.75, 3.05) is 5.75 Å². The van der Waals surface area contributed by atoms with E-state index in [1.165, 1.54) is 17.6 Å². The zero-order valence-electron chi connectivity index (χ0n) is 18.5. The summed E-state index contributed by atoms with van der Waals surface area (Å²) in [6.07, 6.45) is 2.05. The van der Waals surface area contributed by atoms with Crippen LogP contribution in [0.1, 0.15) is 58.9 Å². The summed E-state index contributed by atoms with van der Waals surface area (Å²) >= 11 is 0. The summed E-state index contributed by atoms with van der Waals surface area (Å²) < 4.78 is 26.5. The topological polar surface area (TPSA) is 127 Å². The maximum atomic E-state index is 12.5. The number of benzene rings is 2. The smallest absolute Gasteiger partial charge is 0.355 e. The molecular weight excluding hydrogens is 444 g/mol. The minimum Gasteiger partial charge on any atom is -0.478 e. The average Bonchev–Trinajstić information content (AvgIpc) is 3.17. The Morgan fingerprint density at radius 1 is 0.970 bits per heavy atom. The van der Waals surface area contributed by atoms with Crippen LogP contribution in [0.25, 0.3) is 11.1 Å². The van der Waals surface area contributed by atoms with Crippen LogP contribution in [0.2, 0.25) is 0 Å². The highest BCUT2D eigenvalue weighted by molar-refractivity contribution is 7.91. The number of imidazole rings is 1. The van der Waals surface area contributed by atoms with Gasteiger partial charge in [0, 0.05) is 13.0 Å². The van der Waals surface area contributed by atoms with E-state index in [1.807, 2.05) is 6.92 Å². The summed E-state index contributed by atoms with van der Waals surface area (Å²) in [5, 5.41) is 18.9. The van der Waals surface area contributed by atoms with Gasteiger partial charge in [-0.05, 0) is 29.2 Å². The van der Waals surface area contributed by atoms with Crippen molar-refractivity contribution in [3.05, 3.63) is 71.2 Å². The van der Waals surface area contributed by atoms with Crippen LogP contribution in [0.15, 0.2) is 53.6 Å². The van der Waals surface area contributed by atoms with E-state index < -0.39 is 26.8 Å². The first-order valence-electron chi connectivity index (χ1n) is 10.7. The van der Waals surface area contributed by atoms with E-state index in [0.717, 1.165) is 18.4 Å². The highest BCUT2D eigenvalue weighted by Crippen LogP contribution is 2.26. The Hall–Kier alpha value is -3.46. The summed E-state index contributed by atoms with van der Waals surface area (Å²) in [5.41, 5.74) is 1.88. The van der Waals surface area contributed by atoms with Crippen LogP contribution in [-0.2, 0) is 22.8 Å². The number of hydrogen-bond donors (Lipinski definition) is 2. The van der Waals surface area contributed by atoms with Gasteiger partial charge >= 0.3 is 11.9 Å². The van der Waals surface area contributed by atoms with E-state index in [-0.39, 0.29) is 23.6 Å². The van der Waals surface area contributed by atoms with Crippen LogP contribution >= 0.6 is 0 Å². The summed E-state index contributed by atoms with van der Waals surface area (Å²) in [4.78, 5) is 27.8. The third-order valence-electron chi connectivity index (χ3n) is 5.41. The molecule has 8 nitrogen and oxygen atoms in total. The fourth-order valence-corrected chi connectivity index (χ4v) is 4.64. The van der Waals surface area contributed by atoms with Crippen LogP contribution in [0.3, 0.4) is 0 Å². The number of carbonyl (C=O) groups is 2. The van der Waals surface area contributed by atoms with E-state index in [2.05, 4.69) is 4.98 Å². The number of aryl methyl sites for hydroxylation is 1. The van der Waals surface area contributed by atoms with Gasteiger partial charge < -0.3 is 14.8 Å². The van der Waals surface area contributed by atoms with Crippen molar-refractivity contribution in [2.24, 2.45) is 0 Å². The second-order valence-electron chi connectivity index (χ2n) is 7.63. The SMILES string of the molecule is CCCCc1nc(S(=O)(=O)CC)c(C(=O)O)n1Cc1ccc(-c2ccccc2C(=O)O)cc1. The van der Waals surface area contributed by atoms with E-state index in [9.17, 15) is 28.2 Å². The molecule has 0 saturated carbocycles. The van der Waals surface area contributed by atoms with Crippen LogP contribution in [0.4, 0.5) is 0 Å². The van der Waals surface area contributed by atoms with Gasteiger partial charge in [0.25, 0.3) is 0 Å². The van der Waals surface area contributed by atoms with Gasteiger partial charge in [0.1, 0.15) is 5.82 Å². The zero-order valence-corrected chi connectivity index (χ0v) is 19.3. The van der Waals surface area contributed by atoms with Gasteiger partial charge in [-0.2, -0.15) is 0 Å². The van der Waals surface area contributed by atoms with Gasteiger partial charge in [-0.1, -0.05) is 62.7 Å². The highest BCUT2D eigenvalue weighted by atomic mass is 32.2. The third-order valence-corrected chi connectivity index (χ3v) is 7.04. The molecule has 1 aromatic heterocycles. The molecule has 174 valence electrons. The molecule has 0 fully saturated rings. The molecule has 2 aromatic carbocycles. The van der Waals surface area contributed by atoms with Crippen molar-refractivity contribution in [1.29, 1.82) is 0 Å². The predicted molar refractivity (Wildman–Crippen MR) is 123 cm³/mol. The van der Waals surface area contributed by atoms with Gasteiger partial charge in [-0.3, -0.25) is 0 Å². The van der Waals surface area contributed by atoms with E-state index in [4.69, 9.17) is 0 Å². The first-order valence-corrected chi connectivity index (χ1v) is 12.3. The molecule has 0 amide bonds. The van der Waals surface area contributed by atoms with Crippen molar-refractivity contribution < 1.29 is 28.2 Å². The molecule has 0 unspecified atom stereocenters. The number of carboxylic acids is 2. The summed E-state index contributed by atoms with van der Waals surface area (Å²) in [6, 6.07) is 13.8. The van der Waals surface area contributed by atoms with Crippen LogP contribution < -0.4 is 0 Å². The minimum absolute atomic E-state index is 0.133. The molecule has 0 aliphatic heterocycles. The van der Waals surface area contributed by atoms with Crippen LogP contribution in [0, 0.1) is 0 Å². The molecule has 2 N–H and O–H groups in total. The fraction of sp³-hybridized carbons (Fsp3) is 0.292. The number of aromatic carboxylic acids is 2. The number of aromatic nitrogens is 2. The number of nitrogens with zero attached hydrogens (tertiary/aromatic N) is 2. The first-order chi connectivity index (χ1) is 15.7. The van der Waals surface area contributed by atoms with Gasteiger partial charge in [0.05, 0.1) is 11.3 Å². The van der Waals surface area contributed by atoms with Crippen molar-refractivity contribution >= 4 is 21.8 Å². The molecule has 3 rings (SSSR count). The van der Waals surface area contributed by atoms with Gasteiger partial charge in [-0.15, -0.1) is 0 Å². The maximum absolute atomic E-state index is 12.5. The normalized spacial score (nSPS) is 11.5. The molecule has 0 bridgehead atoms. The molecule has 33 heavy (non-hydrogen) atoms. The van der Waals surface area contributed by atoms with Crippen molar-refractivity contribution in [3.8, 4) is 11.1 Å². The van der Waals surface area contributed by atoms with Gasteiger partial charge in [0.15, 0.2) is 20.6 Å². The number of hydrogen-bond acceptors (Lipinski definition) is 5. The Labute approximate surface area is 192 Å². The van der Waals surface area contributed by atoms with Crippen molar-refractivity contribution in [2.45, 2.75) is 44.7 Å². The van der Waals surface area contributed by atoms with Gasteiger partial charge in [-0.25, -0.2) is 23.0 Å². The Bertz CT molecular complexity index is 1280. The summed E-state index contributed by atoms with van der Waals surface area (Å²) in [7, 11) is -3.82. The molecule has 1 heterocycles. The highest BCUT2D eigenvalue weighted by Gasteiger charge is 2.30. The lowest BCUT2D eigenvalue weighted by Crippen LogP contribution is -2.16. The Balaban J connectivity index is 2.04. The monoisotopic (exact) mass is 470 g/mol. The first kappa shape index (κ1) is 24.2. The summed E-state index contributed by atoms with van der Waals surface area (Å²) in [6.45, 7) is 3.58. The molecule has 0 radical (unpaired) electrons. The molecule has 0 spiro atoms. The number of carboxylic acid groups (broad SMARTS) is 2. The molecule has 0 saturated heterocycles. The molecule has 0 aliphatic carbocycles. The van der Waals surface area contributed by atoms with Crippen LogP contribution in [-0.4, -0.2) is 45.9 Å². The molecule has 0 atom stereocenters. The second kappa shape index (κ2) is 9.99. The number of rotatable bonds is 10. The van der Waals surface area contributed by atoms with Crippen molar-refractivity contribution in [1.82, 2.24) is 9.55 Å². The minimum atomic E-state index is -3.82.